The van der Waals surface area contributed by atoms with Crippen molar-refractivity contribution in [3.63, 3.8) is 0 Å². The van der Waals surface area contributed by atoms with Crippen LogP contribution in [0.3, 0.4) is 0 Å². The smallest absolute Gasteiger partial charge is 0.135 e. The molecule has 2 aromatic rings. The molecule has 2 atom stereocenters. The molecule has 0 bridgehead atoms. The Kier molecular flexibility index (Phi) is 3.84. The van der Waals surface area contributed by atoms with E-state index in [2.05, 4.69) is 98.4 Å². The predicted octanol–water partition coefficient (Wildman–Crippen LogP) is 4.33. The van der Waals surface area contributed by atoms with Crippen molar-refractivity contribution in [2.45, 2.75) is 38.1 Å². The zero-order valence-corrected chi connectivity index (χ0v) is 15.4. The Morgan fingerprint density at radius 1 is 1.08 bits per heavy atom. The first-order valence-corrected chi connectivity index (χ1v) is 8.95. The minimum absolute atomic E-state index is 0.0582. The number of benzene rings is 2. The molecule has 4 rings (SSSR count). The summed E-state index contributed by atoms with van der Waals surface area (Å²) in [6.07, 6.45) is 5.60. The summed E-state index contributed by atoms with van der Waals surface area (Å²) in [4.78, 5) is 4.56. The number of nitrogens with zero attached hydrogens (tertiary/aromatic N) is 2. The van der Waals surface area contributed by atoms with E-state index in [4.69, 9.17) is 4.74 Å². The van der Waals surface area contributed by atoms with E-state index in [0.29, 0.717) is 0 Å². The summed E-state index contributed by atoms with van der Waals surface area (Å²) in [6.45, 7) is 4.55. The number of rotatable bonds is 3. The van der Waals surface area contributed by atoms with Crippen molar-refractivity contribution in [3.05, 3.63) is 65.7 Å². The van der Waals surface area contributed by atoms with Crippen LogP contribution in [0.4, 0.5) is 11.4 Å². The molecule has 2 aromatic carbocycles. The third-order valence-corrected chi connectivity index (χ3v) is 5.43. The molecule has 0 aromatic heterocycles. The number of para-hydroxylation sites is 1. The monoisotopic (exact) mass is 334 g/mol. The summed E-state index contributed by atoms with van der Waals surface area (Å²) in [5.74, 6) is 0. The second-order valence-electron chi connectivity index (χ2n) is 7.71. The molecule has 0 saturated carbocycles. The van der Waals surface area contributed by atoms with Gasteiger partial charge in [0.2, 0.25) is 0 Å². The Bertz CT molecular complexity index is 792. The van der Waals surface area contributed by atoms with Crippen LogP contribution < -0.4 is 9.80 Å². The quantitative estimate of drug-likeness (QED) is 0.831. The molecular formula is C22H26N2O. The number of hydrogen-bond acceptors (Lipinski definition) is 3. The maximum Gasteiger partial charge on any atom is 0.135 e. The van der Waals surface area contributed by atoms with Gasteiger partial charge in [-0.3, -0.25) is 0 Å². The highest BCUT2D eigenvalue weighted by atomic mass is 16.5. The first-order valence-electron chi connectivity index (χ1n) is 8.95. The predicted molar refractivity (Wildman–Crippen MR) is 105 cm³/mol. The fourth-order valence-electron chi connectivity index (χ4n) is 3.98. The molecule has 1 fully saturated rings. The highest BCUT2D eigenvalue weighted by Crippen LogP contribution is 2.45. The van der Waals surface area contributed by atoms with Gasteiger partial charge in [-0.05, 0) is 43.2 Å². The lowest BCUT2D eigenvalue weighted by Gasteiger charge is -2.34. The van der Waals surface area contributed by atoms with Gasteiger partial charge in [0.25, 0.3) is 0 Å². The summed E-state index contributed by atoms with van der Waals surface area (Å²) in [5, 5.41) is 0. The Morgan fingerprint density at radius 2 is 1.80 bits per heavy atom. The van der Waals surface area contributed by atoms with Crippen molar-refractivity contribution < 1.29 is 4.74 Å². The van der Waals surface area contributed by atoms with E-state index >= 15 is 0 Å². The van der Waals surface area contributed by atoms with Crippen LogP contribution in [0.5, 0.6) is 0 Å². The van der Waals surface area contributed by atoms with Crippen LogP contribution in [-0.2, 0) is 11.2 Å². The fourth-order valence-corrected chi connectivity index (χ4v) is 3.98. The van der Waals surface area contributed by atoms with Crippen LogP contribution in [0.2, 0.25) is 0 Å². The Morgan fingerprint density at radius 3 is 2.52 bits per heavy atom. The van der Waals surface area contributed by atoms with E-state index < -0.39 is 0 Å². The van der Waals surface area contributed by atoms with Gasteiger partial charge in [0.15, 0.2) is 0 Å². The summed E-state index contributed by atoms with van der Waals surface area (Å²) < 4.78 is 6.40. The van der Waals surface area contributed by atoms with Gasteiger partial charge in [0.05, 0.1) is 5.54 Å². The first kappa shape index (κ1) is 16.2. The van der Waals surface area contributed by atoms with Crippen molar-refractivity contribution in [1.82, 2.24) is 0 Å². The van der Waals surface area contributed by atoms with E-state index in [1.807, 2.05) is 0 Å². The molecule has 2 aliphatic heterocycles. The largest absolute Gasteiger partial charge is 0.378 e. The van der Waals surface area contributed by atoms with Crippen LogP contribution in [0.15, 0.2) is 54.6 Å². The van der Waals surface area contributed by atoms with Crippen molar-refractivity contribution >= 4 is 17.5 Å². The fraction of sp³-hybridized carbons (Fsp3) is 0.364. The molecule has 1 saturated heterocycles. The van der Waals surface area contributed by atoms with Crippen molar-refractivity contribution in [3.8, 4) is 0 Å². The zero-order valence-electron chi connectivity index (χ0n) is 15.4. The molecule has 2 heterocycles. The molecule has 130 valence electrons. The lowest BCUT2D eigenvalue weighted by molar-refractivity contribution is 0.0653. The van der Waals surface area contributed by atoms with Crippen LogP contribution in [0.25, 0.3) is 6.08 Å². The molecule has 3 heteroatoms. The van der Waals surface area contributed by atoms with Crippen LogP contribution in [0, 0.1) is 0 Å². The minimum Gasteiger partial charge on any atom is -0.378 e. The molecule has 2 aliphatic rings. The van der Waals surface area contributed by atoms with Crippen molar-refractivity contribution in [1.29, 1.82) is 0 Å². The maximum absolute atomic E-state index is 6.40. The molecule has 2 unspecified atom stereocenters. The number of hydrogen-bond donors (Lipinski definition) is 0. The van der Waals surface area contributed by atoms with Crippen molar-refractivity contribution in [2.24, 2.45) is 0 Å². The van der Waals surface area contributed by atoms with Gasteiger partial charge in [0.1, 0.15) is 12.3 Å². The Balaban J connectivity index is 1.55. The minimum atomic E-state index is -0.0582. The molecule has 25 heavy (non-hydrogen) atoms. The zero-order chi connectivity index (χ0) is 17.6. The van der Waals surface area contributed by atoms with E-state index in [1.165, 1.54) is 22.5 Å². The molecule has 3 nitrogen and oxygen atoms in total. The number of fused-ring (bicyclic) bond motifs is 3. The normalized spacial score (nSPS) is 23.8. The molecule has 0 radical (unpaired) electrons. The molecule has 0 spiro atoms. The third kappa shape index (κ3) is 2.73. The van der Waals surface area contributed by atoms with Crippen LogP contribution in [0.1, 0.15) is 25.0 Å². The average Bonchev–Trinajstić information content (AvgIpc) is 3.08. The van der Waals surface area contributed by atoms with Crippen LogP contribution in [-0.4, -0.2) is 32.0 Å². The lowest BCUT2D eigenvalue weighted by atomic mass is 9.95. The number of anilines is 2. The van der Waals surface area contributed by atoms with Crippen molar-refractivity contribution in [2.75, 3.05) is 23.9 Å². The van der Waals surface area contributed by atoms with Gasteiger partial charge in [0, 0.05) is 31.9 Å². The lowest BCUT2D eigenvalue weighted by Crippen LogP contribution is -2.45. The molecule has 0 amide bonds. The highest BCUT2D eigenvalue weighted by molar-refractivity contribution is 5.63. The van der Waals surface area contributed by atoms with Gasteiger partial charge >= 0.3 is 0 Å². The van der Waals surface area contributed by atoms with Gasteiger partial charge in [-0.1, -0.05) is 42.5 Å². The van der Waals surface area contributed by atoms with E-state index in [0.717, 1.165) is 6.42 Å². The third-order valence-electron chi connectivity index (χ3n) is 5.43. The molecule has 0 aliphatic carbocycles. The second-order valence-corrected chi connectivity index (χ2v) is 7.71. The maximum atomic E-state index is 6.40. The second kappa shape index (κ2) is 5.92. The van der Waals surface area contributed by atoms with Gasteiger partial charge < -0.3 is 14.5 Å². The van der Waals surface area contributed by atoms with Crippen LogP contribution >= 0.6 is 0 Å². The van der Waals surface area contributed by atoms with E-state index in [-0.39, 0.29) is 17.9 Å². The van der Waals surface area contributed by atoms with Gasteiger partial charge in [-0.15, -0.1) is 0 Å². The first-order chi connectivity index (χ1) is 12.0. The SMILES string of the molecule is CN(C)c1ccc(C=CC2OC3Cc4ccccc4N3C2(C)C)cc1. The summed E-state index contributed by atoms with van der Waals surface area (Å²) >= 11 is 0. The van der Waals surface area contributed by atoms with E-state index in [1.54, 1.807) is 0 Å². The highest BCUT2D eigenvalue weighted by Gasteiger charge is 2.50. The summed E-state index contributed by atoms with van der Waals surface area (Å²) in [6, 6.07) is 17.3. The summed E-state index contributed by atoms with van der Waals surface area (Å²) in [5.41, 5.74) is 5.08. The van der Waals surface area contributed by atoms with E-state index in [9.17, 15) is 0 Å². The summed E-state index contributed by atoms with van der Waals surface area (Å²) in [7, 11) is 4.12. The standard InChI is InChI=1S/C22H26N2O/c1-22(2)20(14-11-16-9-12-18(13-10-16)23(3)4)25-21-15-17-7-5-6-8-19(17)24(21)22/h5-14,20-21H,15H2,1-4H3. The Hall–Kier alpha value is -2.26. The van der Waals surface area contributed by atoms with Gasteiger partial charge in [-0.2, -0.15) is 0 Å². The topological polar surface area (TPSA) is 15.7 Å². The average molecular weight is 334 g/mol. The van der Waals surface area contributed by atoms with Gasteiger partial charge in [-0.25, -0.2) is 0 Å². The molecular weight excluding hydrogens is 308 g/mol. The number of ether oxygens (including phenoxy) is 1. The Labute approximate surface area is 150 Å². The molecule has 0 N–H and O–H groups in total.